The quantitative estimate of drug-likeness (QED) is 0.134. The molecule has 3 aromatic heterocycles. The van der Waals surface area contributed by atoms with E-state index in [0.717, 1.165) is 72.8 Å². The van der Waals surface area contributed by atoms with Crippen molar-refractivity contribution in [3.8, 4) is 62.1 Å². The highest BCUT2D eigenvalue weighted by molar-refractivity contribution is 6.09. The topological polar surface area (TPSA) is 35.9 Å². The molecular formula is C51H36N4O. The van der Waals surface area contributed by atoms with Crippen molar-refractivity contribution in [1.29, 1.82) is 0 Å². The zero-order chi connectivity index (χ0) is 45.0. The van der Waals surface area contributed by atoms with Gasteiger partial charge in [-0.2, -0.15) is 0 Å². The van der Waals surface area contributed by atoms with Gasteiger partial charge in [-0.05, 0) is 113 Å². The van der Waals surface area contributed by atoms with Crippen LogP contribution in [0.4, 0.5) is 0 Å². The molecule has 0 saturated heterocycles. The maximum atomic E-state index is 8.56. The van der Waals surface area contributed by atoms with E-state index in [1.165, 1.54) is 0 Å². The number of fused-ring (bicyclic) bond motifs is 10. The standard InChI is InChI=1S/C51H36N4O/c1-32-30-52-51(34(3)33(32)2)55-47-24-11-9-21-43(47)44-27-26-37(29-49(44)55)56-36-15-12-14-35(28-36)53-31-54-46-23-10-8-20-42(46)40-18-6-4-16-38(40)39-17-5-7-19-41(39)45-22-13-25-48(53)50(45)54/h4-30H,1-3H3/i1D3,2D3,3D3. The molecule has 0 aliphatic carbocycles. The van der Waals surface area contributed by atoms with Crippen molar-refractivity contribution in [1.82, 2.24) is 14.1 Å². The Bertz CT molecular complexity index is 3560. The Morgan fingerprint density at radius 2 is 1.20 bits per heavy atom. The number of hydrogen-bond donors (Lipinski definition) is 0. The molecule has 0 radical (unpaired) electrons. The first-order valence-corrected chi connectivity index (χ1v) is 18.3. The monoisotopic (exact) mass is 729 g/mol. The molecule has 0 atom stereocenters. The zero-order valence-corrected chi connectivity index (χ0v) is 29.8. The summed E-state index contributed by atoms with van der Waals surface area (Å²) in [5.74, 6) is 0.718. The number of benzene rings is 7. The van der Waals surface area contributed by atoms with Crippen LogP contribution in [0.15, 0.2) is 164 Å². The number of imidazole rings is 1. The van der Waals surface area contributed by atoms with Gasteiger partial charge < -0.3 is 4.74 Å². The average molecular weight is 730 g/mol. The van der Waals surface area contributed by atoms with E-state index in [2.05, 4.69) is 101 Å². The molecule has 10 aromatic rings. The third kappa shape index (κ3) is 4.80. The summed E-state index contributed by atoms with van der Waals surface area (Å²) in [4.78, 5) is 4.43. The number of pyridine rings is 1. The molecule has 0 saturated carbocycles. The fourth-order valence-corrected chi connectivity index (χ4v) is 8.28. The number of ether oxygens (including phenoxy) is 1. The maximum absolute atomic E-state index is 8.56. The van der Waals surface area contributed by atoms with Crippen molar-refractivity contribution in [3.05, 3.63) is 187 Å². The molecule has 4 heterocycles. The lowest BCUT2D eigenvalue weighted by molar-refractivity contribution is -0.571. The van der Waals surface area contributed by atoms with E-state index in [0.29, 0.717) is 22.5 Å². The molecule has 0 amide bonds. The summed E-state index contributed by atoms with van der Waals surface area (Å²) in [6, 6.07) is 52.1. The van der Waals surface area contributed by atoms with Crippen LogP contribution in [-0.4, -0.2) is 14.1 Å². The van der Waals surface area contributed by atoms with Gasteiger partial charge in [0.05, 0.1) is 33.4 Å². The number of rotatable bonds is 4. The third-order valence-electron chi connectivity index (χ3n) is 10.8. The van der Waals surface area contributed by atoms with Crippen LogP contribution in [0.5, 0.6) is 11.5 Å². The zero-order valence-electron chi connectivity index (χ0n) is 38.8. The predicted octanol–water partition coefficient (Wildman–Crippen LogP) is 12.2. The lowest BCUT2D eigenvalue weighted by Crippen LogP contribution is -2.30. The molecule has 0 spiro atoms. The second-order valence-electron chi connectivity index (χ2n) is 13.9. The molecule has 5 heteroatoms. The van der Waals surface area contributed by atoms with Crippen molar-refractivity contribution in [2.24, 2.45) is 0 Å². The van der Waals surface area contributed by atoms with Crippen LogP contribution in [-0.2, 0) is 0 Å². The molecule has 11 rings (SSSR count). The van der Waals surface area contributed by atoms with Crippen molar-refractivity contribution >= 4 is 32.8 Å². The SMILES string of the molecule is [2H]C([2H])([2H])c1cnc(-n2c3ccccc3c3ccc(Oc4cccc(-n5[c-][n+]6c7c(cccc75)-c5ccccc5-c5ccccc5-c5ccccc5-6)c4)cc32)c(C([2H])([2H])[2H])c1C([2H])([2H])[2H]. The first-order valence-electron chi connectivity index (χ1n) is 22.8. The number of aryl methyl sites for hydroxylation is 1. The van der Waals surface area contributed by atoms with Gasteiger partial charge >= 0.3 is 0 Å². The summed E-state index contributed by atoms with van der Waals surface area (Å²) in [5.41, 5.74) is 9.33. The van der Waals surface area contributed by atoms with E-state index in [9.17, 15) is 0 Å². The second-order valence-corrected chi connectivity index (χ2v) is 13.9. The lowest BCUT2D eigenvalue weighted by Gasteiger charge is -2.15. The van der Waals surface area contributed by atoms with Crippen LogP contribution < -0.4 is 9.30 Å². The molecule has 7 aromatic carbocycles. The molecule has 1 aliphatic heterocycles. The van der Waals surface area contributed by atoms with Crippen molar-refractivity contribution in [3.63, 3.8) is 0 Å². The summed E-state index contributed by atoms with van der Waals surface area (Å²) in [6.45, 7) is -9.07. The summed E-state index contributed by atoms with van der Waals surface area (Å²) in [6.07, 6.45) is 4.67. The summed E-state index contributed by atoms with van der Waals surface area (Å²) < 4.78 is 87.4. The van der Waals surface area contributed by atoms with Crippen LogP contribution >= 0.6 is 0 Å². The second kappa shape index (κ2) is 12.4. The third-order valence-corrected chi connectivity index (χ3v) is 10.8. The Kier molecular flexibility index (Phi) is 5.36. The van der Waals surface area contributed by atoms with Crippen LogP contribution in [0.3, 0.4) is 0 Å². The molecule has 5 nitrogen and oxygen atoms in total. The molecule has 0 unspecified atom stereocenters. The Morgan fingerprint density at radius 1 is 0.554 bits per heavy atom. The van der Waals surface area contributed by atoms with Gasteiger partial charge in [0.1, 0.15) is 17.3 Å². The average Bonchev–Trinajstić information content (AvgIpc) is 3.84. The Balaban J connectivity index is 1.07. The normalized spacial score (nSPS) is 14.9. The van der Waals surface area contributed by atoms with Gasteiger partial charge in [0, 0.05) is 35.4 Å². The minimum atomic E-state index is -3.08. The first-order chi connectivity index (χ1) is 31.2. The first kappa shape index (κ1) is 24.2. The lowest BCUT2D eigenvalue weighted by atomic mass is 9.89. The van der Waals surface area contributed by atoms with Gasteiger partial charge in [0.25, 0.3) is 6.33 Å². The van der Waals surface area contributed by atoms with Crippen LogP contribution in [0.1, 0.15) is 29.0 Å². The van der Waals surface area contributed by atoms with Crippen LogP contribution in [0.25, 0.3) is 83.4 Å². The fourth-order valence-electron chi connectivity index (χ4n) is 8.28. The molecule has 0 bridgehead atoms. The van der Waals surface area contributed by atoms with Gasteiger partial charge in [-0.1, -0.05) is 109 Å². The van der Waals surface area contributed by atoms with Crippen molar-refractivity contribution in [2.45, 2.75) is 20.6 Å². The molecule has 0 N–H and O–H groups in total. The highest BCUT2D eigenvalue weighted by atomic mass is 16.5. The Hall–Kier alpha value is -7.24. The molecule has 0 fully saturated rings. The Morgan fingerprint density at radius 3 is 2.00 bits per heavy atom. The largest absolute Gasteiger partial charge is 0.458 e. The van der Waals surface area contributed by atoms with E-state index >= 15 is 0 Å². The number of para-hydroxylation sites is 3. The van der Waals surface area contributed by atoms with Gasteiger partial charge in [0.2, 0.25) is 0 Å². The van der Waals surface area contributed by atoms with Crippen LogP contribution in [0, 0.1) is 26.9 Å². The summed E-state index contributed by atoms with van der Waals surface area (Å²) in [5, 5.41) is 1.47. The Labute approximate surface area is 337 Å². The molecule has 56 heavy (non-hydrogen) atoms. The fraction of sp³-hybridized carbons (Fsp3) is 0.0588. The van der Waals surface area contributed by atoms with E-state index in [1.54, 1.807) is 22.8 Å². The predicted molar refractivity (Wildman–Crippen MR) is 226 cm³/mol. The van der Waals surface area contributed by atoms with Crippen molar-refractivity contribution in [2.75, 3.05) is 0 Å². The van der Waals surface area contributed by atoms with Crippen LogP contribution in [0.2, 0.25) is 0 Å². The van der Waals surface area contributed by atoms with E-state index < -0.39 is 37.2 Å². The minimum absolute atomic E-state index is 0.204. The number of aromatic nitrogens is 4. The maximum Gasteiger partial charge on any atom is 0.269 e. The highest BCUT2D eigenvalue weighted by Gasteiger charge is 2.24. The molecule has 1 aliphatic rings. The smallest absolute Gasteiger partial charge is 0.269 e. The minimum Gasteiger partial charge on any atom is -0.458 e. The number of hydrogen-bond acceptors (Lipinski definition) is 2. The highest BCUT2D eigenvalue weighted by Crippen LogP contribution is 2.43. The van der Waals surface area contributed by atoms with E-state index in [1.807, 2.05) is 59.2 Å². The van der Waals surface area contributed by atoms with E-state index in [-0.39, 0.29) is 5.82 Å². The van der Waals surface area contributed by atoms with Gasteiger partial charge in [-0.3, -0.25) is 13.7 Å². The van der Waals surface area contributed by atoms with Gasteiger partial charge in [0.15, 0.2) is 0 Å². The molecule has 266 valence electrons. The summed E-state index contributed by atoms with van der Waals surface area (Å²) in [7, 11) is 0. The summed E-state index contributed by atoms with van der Waals surface area (Å²) >= 11 is 0. The van der Waals surface area contributed by atoms with Gasteiger partial charge in [-0.15, -0.1) is 0 Å². The number of nitrogens with zero attached hydrogens (tertiary/aromatic N) is 4. The van der Waals surface area contributed by atoms with Crippen molar-refractivity contribution < 1.29 is 21.6 Å². The van der Waals surface area contributed by atoms with E-state index in [4.69, 9.17) is 17.1 Å². The van der Waals surface area contributed by atoms with Gasteiger partial charge in [-0.25, -0.2) is 4.98 Å². The molecular weight excluding hydrogens is 685 g/mol.